The van der Waals surface area contributed by atoms with Gasteiger partial charge in [-0.2, -0.15) is 0 Å². The molecule has 0 unspecified atom stereocenters. The maximum Gasteiger partial charge on any atom is 0.219 e. The molecule has 1 heterocycles. The van der Waals surface area contributed by atoms with Crippen molar-refractivity contribution < 1.29 is 4.42 Å². The van der Waals surface area contributed by atoms with Gasteiger partial charge in [0.05, 0.1) is 0 Å². The first-order chi connectivity index (χ1) is 8.50. The summed E-state index contributed by atoms with van der Waals surface area (Å²) in [6.45, 7) is 8.94. The number of aromatic nitrogens is 2. The molecule has 0 spiro atoms. The monoisotopic (exact) mass is 250 g/mol. The fourth-order valence-corrected chi connectivity index (χ4v) is 3.02. The van der Waals surface area contributed by atoms with E-state index >= 15 is 0 Å². The van der Waals surface area contributed by atoms with Gasteiger partial charge in [-0.3, -0.25) is 0 Å². The minimum Gasteiger partial charge on any atom is -0.425 e. The van der Waals surface area contributed by atoms with Crippen molar-refractivity contribution in [2.75, 3.05) is 0 Å². The van der Waals surface area contributed by atoms with E-state index in [1.165, 1.54) is 38.5 Å². The zero-order valence-electron chi connectivity index (χ0n) is 12.2. The second-order valence-corrected chi connectivity index (χ2v) is 6.60. The average molecular weight is 250 g/mol. The molecule has 102 valence electrons. The zero-order valence-corrected chi connectivity index (χ0v) is 12.2. The van der Waals surface area contributed by atoms with Crippen LogP contribution in [0.3, 0.4) is 0 Å². The minimum absolute atomic E-state index is 0.499. The summed E-state index contributed by atoms with van der Waals surface area (Å²) in [5.41, 5.74) is 0.499. The molecule has 3 heteroatoms. The number of rotatable bonds is 4. The lowest BCUT2D eigenvalue weighted by Crippen LogP contribution is -2.20. The Kier molecular flexibility index (Phi) is 4.08. The number of aryl methyl sites for hydroxylation is 1. The first kappa shape index (κ1) is 13.6. The summed E-state index contributed by atoms with van der Waals surface area (Å²) >= 11 is 0. The van der Waals surface area contributed by atoms with Crippen LogP contribution in [0.4, 0.5) is 0 Å². The molecule has 2 rings (SSSR count). The Bertz CT molecular complexity index is 376. The van der Waals surface area contributed by atoms with E-state index in [1.54, 1.807) is 0 Å². The molecule has 0 N–H and O–H groups in total. The topological polar surface area (TPSA) is 38.9 Å². The molecule has 1 aliphatic rings. The minimum atomic E-state index is 0.499. The zero-order chi connectivity index (χ0) is 13.2. The first-order valence-electron chi connectivity index (χ1n) is 7.30. The van der Waals surface area contributed by atoms with Crippen LogP contribution in [-0.4, -0.2) is 10.2 Å². The Balaban J connectivity index is 1.85. The van der Waals surface area contributed by atoms with Crippen molar-refractivity contribution in [2.24, 2.45) is 11.3 Å². The van der Waals surface area contributed by atoms with Crippen molar-refractivity contribution in [1.82, 2.24) is 10.2 Å². The molecule has 1 saturated carbocycles. The lowest BCUT2D eigenvalue weighted by atomic mass is 9.73. The number of hydrogen-bond donors (Lipinski definition) is 0. The highest BCUT2D eigenvalue weighted by Gasteiger charge is 2.29. The summed E-state index contributed by atoms with van der Waals surface area (Å²) in [7, 11) is 0. The van der Waals surface area contributed by atoms with Gasteiger partial charge in [0.15, 0.2) is 0 Å². The molecule has 0 amide bonds. The van der Waals surface area contributed by atoms with Crippen LogP contribution in [0.5, 0.6) is 0 Å². The SMILES string of the molecule is CCC(C)(C)CC1CCC(c2nnc(C)o2)CC1. The fraction of sp³-hybridized carbons (Fsp3) is 0.867. The van der Waals surface area contributed by atoms with Crippen molar-refractivity contribution in [3.63, 3.8) is 0 Å². The Labute approximate surface area is 110 Å². The third-order valence-corrected chi connectivity index (χ3v) is 4.54. The van der Waals surface area contributed by atoms with Gasteiger partial charge in [0, 0.05) is 12.8 Å². The number of hydrogen-bond acceptors (Lipinski definition) is 3. The molecule has 0 aromatic carbocycles. The van der Waals surface area contributed by atoms with Crippen LogP contribution < -0.4 is 0 Å². The summed E-state index contributed by atoms with van der Waals surface area (Å²) in [5, 5.41) is 8.11. The van der Waals surface area contributed by atoms with Crippen LogP contribution in [-0.2, 0) is 0 Å². The van der Waals surface area contributed by atoms with E-state index in [-0.39, 0.29) is 0 Å². The van der Waals surface area contributed by atoms with E-state index in [4.69, 9.17) is 4.42 Å². The van der Waals surface area contributed by atoms with Gasteiger partial charge in [0.1, 0.15) is 0 Å². The lowest BCUT2D eigenvalue weighted by Gasteiger charge is -2.33. The first-order valence-corrected chi connectivity index (χ1v) is 7.30. The normalized spacial score (nSPS) is 25.3. The fourth-order valence-electron chi connectivity index (χ4n) is 3.02. The molecule has 0 bridgehead atoms. The third-order valence-electron chi connectivity index (χ3n) is 4.54. The molecule has 0 radical (unpaired) electrons. The molecular formula is C15H26N2O. The van der Waals surface area contributed by atoms with Gasteiger partial charge < -0.3 is 4.42 Å². The Morgan fingerprint density at radius 1 is 1.17 bits per heavy atom. The lowest BCUT2D eigenvalue weighted by molar-refractivity contribution is 0.198. The maximum atomic E-state index is 5.56. The van der Waals surface area contributed by atoms with Crippen LogP contribution >= 0.6 is 0 Å². The van der Waals surface area contributed by atoms with Gasteiger partial charge in [0.2, 0.25) is 11.8 Å². The maximum absolute atomic E-state index is 5.56. The van der Waals surface area contributed by atoms with Gasteiger partial charge in [-0.1, -0.05) is 27.2 Å². The van der Waals surface area contributed by atoms with Crippen LogP contribution in [0.25, 0.3) is 0 Å². The predicted molar refractivity (Wildman–Crippen MR) is 72.4 cm³/mol. The molecule has 0 saturated heterocycles. The van der Waals surface area contributed by atoms with Gasteiger partial charge in [0.25, 0.3) is 0 Å². The summed E-state index contributed by atoms with van der Waals surface area (Å²) in [6, 6.07) is 0. The largest absolute Gasteiger partial charge is 0.425 e. The Morgan fingerprint density at radius 3 is 2.33 bits per heavy atom. The summed E-state index contributed by atoms with van der Waals surface area (Å²) in [4.78, 5) is 0. The molecule has 1 fully saturated rings. The van der Waals surface area contributed by atoms with E-state index in [0.29, 0.717) is 17.2 Å². The summed E-state index contributed by atoms with van der Waals surface area (Å²) < 4.78 is 5.56. The highest BCUT2D eigenvalue weighted by molar-refractivity contribution is 4.94. The van der Waals surface area contributed by atoms with Crippen molar-refractivity contribution >= 4 is 0 Å². The van der Waals surface area contributed by atoms with Crippen molar-refractivity contribution in [3.8, 4) is 0 Å². The smallest absolute Gasteiger partial charge is 0.219 e. The predicted octanol–water partition coefficient (Wildman–Crippen LogP) is 4.48. The highest BCUT2D eigenvalue weighted by atomic mass is 16.4. The molecule has 3 nitrogen and oxygen atoms in total. The summed E-state index contributed by atoms with van der Waals surface area (Å²) in [5.74, 6) is 2.95. The van der Waals surface area contributed by atoms with E-state index in [9.17, 15) is 0 Å². The molecular weight excluding hydrogens is 224 g/mol. The van der Waals surface area contributed by atoms with Crippen molar-refractivity contribution in [3.05, 3.63) is 11.8 Å². The quantitative estimate of drug-likeness (QED) is 0.791. The van der Waals surface area contributed by atoms with Crippen LogP contribution in [0.2, 0.25) is 0 Å². The van der Waals surface area contributed by atoms with Crippen molar-refractivity contribution in [1.29, 1.82) is 0 Å². The van der Waals surface area contributed by atoms with Crippen LogP contribution in [0, 0.1) is 18.3 Å². The number of nitrogens with zero attached hydrogens (tertiary/aromatic N) is 2. The highest BCUT2D eigenvalue weighted by Crippen LogP contribution is 2.40. The standard InChI is InChI=1S/C15H26N2O/c1-5-15(3,4)10-12-6-8-13(9-7-12)14-17-16-11(2)18-14/h12-13H,5-10H2,1-4H3. The van der Waals surface area contributed by atoms with E-state index in [0.717, 1.165) is 11.8 Å². The molecule has 0 aliphatic heterocycles. The van der Waals surface area contributed by atoms with Gasteiger partial charge in [-0.25, -0.2) is 0 Å². The van der Waals surface area contributed by atoms with E-state index in [2.05, 4.69) is 31.0 Å². The van der Waals surface area contributed by atoms with E-state index < -0.39 is 0 Å². The van der Waals surface area contributed by atoms with Crippen molar-refractivity contribution in [2.45, 2.75) is 72.1 Å². The molecule has 1 aromatic rings. The molecule has 0 atom stereocenters. The van der Waals surface area contributed by atoms with E-state index in [1.807, 2.05) is 6.92 Å². The van der Waals surface area contributed by atoms with Gasteiger partial charge in [-0.15, -0.1) is 10.2 Å². The molecule has 18 heavy (non-hydrogen) atoms. The Hall–Kier alpha value is -0.860. The second-order valence-electron chi connectivity index (χ2n) is 6.60. The van der Waals surface area contributed by atoms with Gasteiger partial charge >= 0.3 is 0 Å². The third kappa shape index (κ3) is 3.33. The van der Waals surface area contributed by atoms with Crippen LogP contribution in [0.15, 0.2) is 4.42 Å². The molecule has 1 aliphatic carbocycles. The average Bonchev–Trinajstić information content (AvgIpc) is 2.76. The molecule has 1 aromatic heterocycles. The summed E-state index contributed by atoms with van der Waals surface area (Å²) in [6.07, 6.45) is 7.69. The second kappa shape index (κ2) is 5.41. The van der Waals surface area contributed by atoms with Gasteiger partial charge in [-0.05, 0) is 43.4 Å². The van der Waals surface area contributed by atoms with Crippen LogP contribution in [0.1, 0.15) is 77.0 Å². The Morgan fingerprint density at radius 2 is 1.83 bits per heavy atom.